The van der Waals surface area contributed by atoms with Gasteiger partial charge in [-0.15, -0.1) is 0 Å². The third kappa shape index (κ3) is 2.45. The molecule has 0 aliphatic heterocycles. The summed E-state index contributed by atoms with van der Waals surface area (Å²) in [5, 5.41) is 13.1. The van der Waals surface area contributed by atoms with E-state index in [2.05, 4.69) is 15.3 Å². The average Bonchev–Trinajstić information content (AvgIpc) is 2.79. The molecule has 0 amide bonds. The topological polar surface area (TPSA) is 67.3 Å². The minimum atomic E-state index is -0.301. The lowest BCUT2D eigenvalue weighted by Crippen LogP contribution is -2.39. The first-order valence-electron chi connectivity index (χ1n) is 5.64. The van der Waals surface area contributed by atoms with Gasteiger partial charge in [0, 0.05) is 0 Å². The molecule has 2 rings (SSSR count). The first kappa shape index (κ1) is 12.4. The molecule has 0 saturated heterocycles. The molecule has 0 spiro atoms. The van der Waals surface area contributed by atoms with Crippen molar-refractivity contribution in [3.63, 3.8) is 0 Å². The number of hydrogen-bond acceptors (Lipinski definition) is 5. The molecule has 1 fully saturated rings. The van der Waals surface area contributed by atoms with Crippen LogP contribution in [0, 0.1) is 0 Å². The summed E-state index contributed by atoms with van der Waals surface area (Å²) >= 11 is 5.92. The van der Waals surface area contributed by atoms with Crippen LogP contribution in [-0.2, 0) is 0 Å². The van der Waals surface area contributed by atoms with Gasteiger partial charge in [-0.25, -0.2) is 9.97 Å². The zero-order valence-corrected chi connectivity index (χ0v) is 10.5. The SMILES string of the molecule is COc1c(Cl)ncnc1NC1(CO)CCCC1. The molecule has 1 aromatic heterocycles. The van der Waals surface area contributed by atoms with Crippen LogP contribution in [0.1, 0.15) is 25.7 Å². The molecule has 17 heavy (non-hydrogen) atoms. The molecule has 5 nitrogen and oxygen atoms in total. The van der Waals surface area contributed by atoms with Crippen LogP contribution in [0.15, 0.2) is 6.33 Å². The number of rotatable bonds is 4. The van der Waals surface area contributed by atoms with Crippen LogP contribution in [0.4, 0.5) is 5.82 Å². The predicted molar refractivity (Wildman–Crippen MR) is 65.5 cm³/mol. The van der Waals surface area contributed by atoms with Crippen molar-refractivity contribution in [3.8, 4) is 5.75 Å². The summed E-state index contributed by atoms with van der Waals surface area (Å²) in [7, 11) is 1.52. The largest absolute Gasteiger partial charge is 0.490 e. The van der Waals surface area contributed by atoms with Crippen molar-refractivity contribution in [1.29, 1.82) is 0 Å². The van der Waals surface area contributed by atoms with E-state index in [4.69, 9.17) is 16.3 Å². The van der Waals surface area contributed by atoms with Gasteiger partial charge >= 0.3 is 0 Å². The second kappa shape index (κ2) is 5.06. The van der Waals surface area contributed by atoms with E-state index in [9.17, 15) is 5.11 Å². The maximum atomic E-state index is 9.53. The monoisotopic (exact) mass is 257 g/mol. The number of halogens is 1. The van der Waals surface area contributed by atoms with Gasteiger partial charge in [-0.2, -0.15) is 0 Å². The highest BCUT2D eigenvalue weighted by atomic mass is 35.5. The Morgan fingerprint density at radius 2 is 2.18 bits per heavy atom. The highest BCUT2D eigenvalue weighted by Gasteiger charge is 2.34. The molecule has 1 saturated carbocycles. The lowest BCUT2D eigenvalue weighted by atomic mass is 9.99. The molecule has 0 bridgehead atoms. The van der Waals surface area contributed by atoms with Crippen LogP contribution in [0.5, 0.6) is 5.75 Å². The van der Waals surface area contributed by atoms with Gasteiger partial charge in [-0.3, -0.25) is 0 Å². The maximum absolute atomic E-state index is 9.53. The number of nitrogens with zero attached hydrogens (tertiary/aromatic N) is 2. The van der Waals surface area contributed by atoms with Crippen molar-refractivity contribution >= 4 is 17.4 Å². The van der Waals surface area contributed by atoms with Crippen LogP contribution < -0.4 is 10.1 Å². The molecule has 2 N–H and O–H groups in total. The van der Waals surface area contributed by atoms with E-state index >= 15 is 0 Å². The van der Waals surface area contributed by atoms with Gasteiger partial charge in [0.15, 0.2) is 16.7 Å². The molecular formula is C11H16ClN3O2. The minimum Gasteiger partial charge on any atom is -0.490 e. The predicted octanol–water partition coefficient (Wildman–Crippen LogP) is 1.86. The molecular weight excluding hydrogens is 242 g/mol. The number of hydrogen-bond donors (Lipinski definition) is 2. The molecule has 0 unspecified atom stereocenters. The zero-order valence-electron chi connectivity index (χ0n) is 9.74. The Kier molecular flexibility index (Phi) is 3.69. The number of nitrogens with one attached hydrogen (secondary N) is 1. The quantitative estimate of drug-likeness (QED) is 0.806. The minimum absolute atomic E-state index is 0.0811. The number of aromatic nitrogens is 2. The standard InChI is InChI=1S/C11H16ClN3O2/c1-17-8-9(12)13-7-14-10(8)15-11(6-16)4-2-3-5-11/h7,16H,2-6H2,1H3,(H,13,14,15). The van der Waals surface area contributed by atoms with Crippen LogP contribution >= 0.6 is 11.6 Å². The van der Waals surface area contributed by atoms with Crippen molar-refractivity contribution in [1.82, 2.24) is 9.97 Å². The normalized spacial score (nSPS) is 18.1. The van der Waals surface area contributed by atoms with E-state index in [0.29, 0.717) is 11.6 Å². The Morgan fingerprint density at radius 1 is 1.47 bits per heavy atom. The van der Waals surface area contributed by atoms with Crippen molar-refractivity contribution < 1.29 is 9.84 Å². The summed E-state index contributed by atoms with van der Waals surface area (Å²) in [6.45, 7) is 0.0811. The number of ether oxygens (including phenoxy) is 1. The molecule has 0 radical (unpaired) electrons. The highest BCUT2D eigenvalue weighted by molar-refractivity contribution is 6.31. The zero-order chi connectivity index (χ0) is 12.3. The van der Waals surface area contributed by atoms with E-state index in [0.717, 1.165) is 25.7 Å². The van der Waals surface area contributed by atoms with Crippen LogP contribution in [0.3, 0.4) is 0 Å². The molecule has 0 atom stereocenters. The van der Waals surface area contributed by atoms with Gasteiger partial charge in [0.25, 0.3) is 0 Å². The van der Waals surface area contributed by atoms with Crippen LogP contribution in [-0.4, -0.2) is 34.3 Å². The van der Waals surface area contributed by atoms with Gasteiger partial charge in [0.05, 0.1) is 19.3 Å². The van der Waals surface area contributed by atoms with Gasteiger partial charge < -0.3 is 15.2 Å². The van der Waals surface area contributed by atoms with Crippen molar-refractivity contribution in [2.75, 3.05) is 19.0 Å². The summed E-state index contributed by atoms with van der Waals surface area (Å²) < 4.78 is 5.17. The van der Waals surface area contributed by atoms with Gasteiger partial charge in [0.2, 0.25) is 0 Å². The fourth-order valence-electron chi connectivity index (χ4n) is 2.25. The smallest absolute Gasteiger partial charge is 0.198 e. The Hall–Kier alpha value is -1.07. The number of aliphatic hydroxyl groups excluding tert-OH is 1. The van der Waals surface area contributed by atoms with Crippen molar-refractivity contribution in [2.45, 2.75) is 31.2 Å². The summed E-state index contributed by atoms with van der Waals surface area (Å²) in [5.41, 5.74) is -0.301. The van der Waals surface area contributed by atoms with E-state index in [-0.39, 0.29) is 17.3 Å². The summed E-state index contributed by atoms with van der Waals surface area (Å²) in [6.07, 6.45) is 5.44. The summed E-state index contributed by atoms with van der Waals surface area (Å²) in [4.78, 5) is 7.98. The fraction of sp³-hybridized carbons (Fsp3) is 0.636. The number of anilines is 1. The molecule has 1 aromatic rings. The van der Waals surface area contributed by atoms with E-state index in [1.807, 2.05) is 0 Å². The van der Waals surface area contributed by atoms with E-state index in [1.165, 1.54) is 13.4 Å². The van der Waals surface area contributed by atoms with Gasteiger partial charge in [-0.1, -0.05) is 24.4 Å². The average molecular weight is 258 g/mol. The van der Waals surface area contributed by atoms with Crippen LogP contribution in [0.25, 0.3) is 0 Å². The molecule has 94 valence electrons. The first-order valence-corrected chi connectivity index (χ1v) is 6.02. The Morgan fingerprint density at radius 3 is 2.76 bits per heavy atom. The second-order valence-electron chi connectivity index (χ2n) is 4.32. The first-order chi connectivity index (χ1) is 8.21. The third-order valence-electron chi connectivity index (χ3n) is 3.21. The molecule has 0 aromatic carbocycles. The number of methoxy groups -OCH3 is 1. The summed E-state index contributed by atoms with van der Waals surface area (Å²) in [6, 6.07) is 0. The summed E-state index contributed by atoms with van der Waals surface area (Å²) in [5.74, 6) is 0.970. The molecule has 1 aliphatic carbocycles. The lowest BCUT2D eigenvalue weighted by Gasteiger charge is -2.29. The molecule has 1 aliphatic rings. The van der Waals surface area contributed by atoms with Crippen molar-refractivity contribution in [3.05, 3.63) is 11.5 Å². The number of aliphatic hydroxyl groups is 1. The van der Waals surface area contributed by atoms with Gasteiger partial charge in [0.1, 0.15) is 6.33 Å². The van der Waals surface area contributed by atoms with Crippen LogP contribution in [0.2, 0.25) is 5.15 Å². The molecule has 6 heteroatoms. The molecule has 1 heterocycles. The Labute approximate surface area is 105 Å². The second-order valence-corrected chi connectivity index (χ2v) is 4.67. The fourth-order valence-corrected chi connectivity index (χ4v) is 2.46. The Balaban J connectivity index is 2.25. The van der Waals surface area contributed by atoms with E-state index < -0.39 is 0 Å². The van der Waals surface area contributed by atoms with E-state index in [1.54, 1.807) is 0 Å². The lowest BCUT2D eigenvalue weighted by molar-refractivity contribution is 0.213. The Bertz CT molecular complexity index is 394. The highest BCUT2D eigenvalue weighted by Crippen LogP contribution is 2.36. The maximum Gasteiger partial charge on any atom is 0.198 e. The third-order valence-corrected chi connectivity index (χ3v) is 3.48. The van der Waals surface area contributed by atoms with Gasteiger partial charge in [-0.05, 0) is 12.8 Å². The van der Waals surface area contributed by atoms with Crippen molar-refractivity contribution in [2.24, 2.45) is 0 Å².